The van der Waals surface area contributed by atoms with Crippen molar-refractivity contribution in [3.8, 4) is 0 Å². The van der Waals surface area contributed by atoms with E-state index in [0.717, 1.165) is 43.9 Å². The Bertz CT molecular complexity index is 522. The maximum atomic E-state index is 5.41. The predicted molar refractivity (Wildman–Crippen MR) is 68.2 cm³/mol. The average molecular weight is 243 g/mol. The smallest absolute Gasteiger partial charge is 0.117 e. The van der Waals surface area contributed by atoms with Gasteiger partial charge < -0.3 is 4.42 Å². The van der Waals surface area contributed by atoms with Crippen molar-refractivity contribution in [1.29, 1.82) is 0 Å². The highest BCUT2D eigenvalue weighted by molar-refractivity contribution is 5.25. The van der Waals surface area contributed by atoms with E-state index in [1.807, 2.05) is 12.1 Å². The van der Waals surface area contributed by atoms with Gasteiger partial charge in [0, 0.05) is 30.9 Å². The van der Waals surface area contributed by atoms with Gasteiger partial charge in [-0.1, -0.05) is 0 Å². The van der Waals surface area contributed by atoms with E-state index in [0.29, 0.717) is 0 Å². The van der Waals surface area contributed by atoms with E-state index in [-0.39, 0.29) is 0 Å². The zero-order chi connectivity index (χ0) is 12.4. The highest BCUT2D eigenvalue weighted by atomic mass is 16.3. The zero-order valence-electron chi connectivity index (χ0n) is 10.6. The lowest BCUT2D eigenvalue weighted by atomic mass is 10.1. The number of furan rings is 1. The molecule has 0 fully saturated rings. The molecule has 94 valence electrons. The van der Waals surface area contributed by atoms with Crippen LogP contribution in [0.5, 0.6) is 0 Å². The minimum absolute atomic E-state index is 0.882. The largest absolute Gasteiger partial charge is 0.468 e. The number of aromatic nitrogens is 2. The molecule has 3 rings (SSSR count). The Morgan fingerprint density at radius 3 is 3.00 bits per heavy atom. The quantitative estimate of drug-likeness (QED) is 0.809. The van der Waals surface area contributed by atoms with E-state index in [9.17, 15) is 0 Å². The summed E-state index contributed by atoms with van der Waals surface area (Å²) in [5.41, 5.74) is 3.67. The summed E-state index contributed by atoms with van der Waals surface area (Å²) in [7, 11) is 0. The second-order valence-corrected chi connectivity index (χ2v) is 4.74. The molecule has 4 nitrogen and oxygen atoms in total. The van der Waals surface area contributed by atoms with Crippen LogP contribution in [-0.2, 0) is 19.4 Å². The zero-order valence-corrected chi connectivity index (χ0v) is 10.6. The number of aryl methyl sites for hydroxylation is 1. The van der Waals surface area contributed by atoms with Crippen molar-refractivity contribution >= 4 is 0 Å². The third-order valence-corrected chi connectivity index (χ3v) is 3.55. The summed E-state index contributed by atoms with van der Waals surface area (Å²) in [5, 5.41) is 0. The molecule has 0 saturated heterocycles. The Kier molecular flexibility index (Phi) is 3.11. The first-order valence-corrected chi connectivity index (χ1v) is 6.37. The Balaban J connectivity index is 1.73. The standard InChI is InChI=1S/C14H17N3O/c1-11-13-4-6-17(9-12-3-2-8-18-12)7-5-14(13)16-10-15-11/h2-3,8,10H,4-7,9H2,1H3. The fourth-order valence-corrected chi connectivity index (χ4v) is 2.52. The second-order valence-electron chi connectivity index (χ2n) is 4.74. The number of nitrogens with zero attached hydrogens (tertiary/aromatic N) is 3. The lowest BCUT2D eigenvalue weighted by Crippen LogP contribution is -2.25. The van der Waals surface area contributed by atoms with Crippen molar-refractivity contribution in [3.05, 3.63) is 47.4 Å². The molecule has 0 radical (unpaired) electrons. The summed E-state index contributed by atoms with van der Waals surface area (Å²) in [6, 6.07) is 3.97. The van der Waals surface area contributed by atoms with Crippen LogP contribution >= 0.6 is 0 Å². The van der Waals surface area contributed by atoms with Crippen molar-refractivity contribution in [2.75, 3.05) is 13.1 Å². The molecule has 18 heavy (non-hydrogen) atoms. The van der Waals surface area contributed by atoms with Gasteiger partial charge >= 0.3 is 0 Å². The molecule has 3 heterocycles. The number of hydrogen-bond donors (Lipinski definition) is 0. The molecule has 0 unspecified atom stereocenters. The summed E-state index contributed by atoms with van der Waals surface area (Å²) < 4.78 is 5.41. The molecular formula is C14H17N3O. The molecule has 0 N–H and O–H groups in total. The van der Waals surface area contributed by atoms with E-state index >= 15 is 0 Å². The third-order valence-electron chi connectivity index (χ3n) is 3.55. The highest BCUT2D eigenvalue weighted by Gasteiger charge is 2.17. The van der Waals surface area contributed by atoms with Gasteiger partial charge in [0.25, 0.3) is 0 Å². The Hall–Kier alpha value is -1.68. The third kappa shape index (κ3) is 2.29. The molecule has 4 heteroatoms. The average Bonchev–Trinajstić information content (AvgIpc) is 2.78. The molecule has 1 aliphatic rings. The molecule has 2 aromatic heterocycles. The molecule has 0 aromatic carbocycles. The lowest BCUT2D eigenvalue weighted by Gasteiger charge is -2.17. The van der Waals surface area contributed by atoms with Gasteiger partial charge in [-0.15, -0.1) is 0 Å². The van der Waals surface area contributed by atoms with Gasteiger partial charge in [0.1, 0.15) is 12.1 Å². The Labute approximate surface area is 107 Å². The second kappa shape index (κ2) is 4.90. The van der Waals surface area contributed by atoms with Crippen molar-refractivity contribution in [2.24, 2.45) is 0 Å². The highest BCUT2D eigenvalue weighted by Crippen LogP contribution is 2.17. The predicted octanol–water partition coefficient (Wildman–Crippen LogP) is 1.98. The maximum Gasteiger partial charge on any atom is 0.117 e. The SMILES string of the molecule is Cc1ncnc2c1CCN(Cc1ccco1)CC2. The monoisotopic (exact) mass is 243 g/mol. The first-order chi connectivity index (χ1) is 8.83. The van der Waals surface area contributed by atoms with Crippen LogP contribution in [-0.4, -0.2) is 28.0 Å². The number of fused-ring (bicyclic) bond motifs is 1. The molecule has 0 spiro atoms. The van der Waals surface area contributed by atoms with Crippen molar-refractivity contribution in [2.45, 2.75) is 26.3 Å². The molecule has 0 saturated carbocycles. The maximum absolute atomic E-state index is 5.41. The summed E-state index contributed by atoms with van der Waals surface area (Å²) >= 11 is 0. The summed E-state index contributed by atoms with van der Waals surface area (Å²) in [6.45, 7) is 5.03. The van der Waals surface area contributed by atoms with E-state index in [4.69, 9.17) is 4.42 Å². The first-order valence-electron chi connectivity index (χ1n) is 6.37. The molecule has 0 atom stereocenters. The van der Waals surface area contributed by atoms with Gasteiger partial charge in [0.15, 0.2) is 0 Å². The van der Waals surface area contributed by atoms with Crippen LogP contribution in [0, 0.1) is 6.92 Å². The van der Waals surface area contributed by atoms with Crippen molar-refractivity contribution in [3.63, 3.8) is 0 Å². The summed E-state index contributed by atoms with van der Waals surface area (Å²) in [5.74, 6) is 1.03. The molecular weight excluding hydrogens is 226 g/mol. The topological polar surface area (TPSA) is 42.2 Å². The fraction of sp³-hybridized carbons (Fsp3) is 0.429. The van der Waals surface area contributed by atoms with Crippen LogP contribution in [0.4, 0.5) is 0 Å². The van der Waals surface area contributed by atoms with Gasteiger partial charge in [0.2, 0.25) is 0 Å². The van der Waals surface area contributed by atoms with E-state index in [2.05, 4.69) is 21.8 Å². The molecule has 0 aliphatic carbocycles. The minimum atomic E-state index is 0.882. The number of rotatable bonds is 2. The van der Waals surface area contributed by atoms with Crippen molar-refractivity contribution in [1.82, 2.24) is 14.9 Å². The molecule has 0 amide bonds. The lowest BCUT2D eigenvalue weighted by molar-refractivity contribution is 0.255. The van der Waals surface area contributed by atoms with Crippen molar-refractivity contribution < 1.29 is 4.42 Å². The van der Waals surface area contributed by atoms with E-state index < -0.39 is 0 Å². The van der Waals surface area contributed by atoms with Gasteiger partial charge in [-0.25, -0.2) is 9.97 Å². The fourth-order valence-electron chi connectivity index (χ4n) is 2.52. The van der Waals surface area contributed by atoms with Gasteiger partial charge in [-0.2, -0.15) is 0 Å². The Morgan fingerprint density at radius 2 is 2.17 bits per heavy atom. The molecule has 2 aromatic rings. The van der Waals surface area contributed by atoms with Crippen LogP contribution < -0.4 is 0 Å². The van der Waals surface area contributed by atoms with Crippen LogP contribution in [0.3, 0.4) is 0 Å². The summed E-state index contributed by atoms with van der Waals surface area (Å²) in [4.78, 5) is 11.1. The van der Waals surface area contributed by atoms with E-state index in [1.165, 1.54) is 11.3 Å². The van der Waals surface area contributed by atoms with Crippen LogP contribution in [0.1, 0.15) is 22.7 Å². The van der Waals surface area contributed by atoms with Crippen LogP contribution in [0.15, 0.2) is 29.1 Å². The van der Waals surface area contributed by atoms with Gasteiger partial charge in [0.05, 0.1) is 12.8 Å². The molecule has 0 bridgehead atoms. The molecule has 1 aliphatic heterocycles. The van der Waals surface area contributed by atoms with Crippen LogP contribution in [0.25, 0.3) is 0 Å². The first kappa shape index (κ1) is 11.4. The van der Waals surface area contributed by atoms with Gasteiger partial charge in [-0.3, -0.25) is 4.90 Å². The number of hydrogen-bond acceptors (Lipinski definition) is 4. The minimum Gasteiger partial charge on any atom is -0.468 e. The Morgan fingerprint density at radius 1 is 1.28 bits per heavy atom. The summed E-state index contributed by atoms with van der Waals surface area (Å²) in [6.07, 6.45) is 5.44. The van der Waals surface area contributed by atoms with Crippen LogP contribution in [0.2, 0.25) is 0 Å². The van der Waals surface area contributed by atoms with Gasteiger partial charge in [-0.05, 0) is 31.0 Å². The van der Waals surface area contributed by atoms with E-state index in [1.54, 1.807) is 12.6 Å². The normalized spacial score (nSPS) is 16.3.